The summed E-state index contributed by atoms with van der Waals surface area (Å²) in [6.07, 6.45) is 0. The van der Waals surface area contributed by atoms with Crippen LogP contribution in [0.3, 0.4) is 0 Å². The van der Waals surface area contributed by atoms with Crippen LogP contribution in [0.5, 0.6) is 5.75 Å². The first kappa shape index (κ1) is 12.7. The van der Waals surface area contributed by atoms with Gasteiger partial charge in [-0.15, -0.1) is 0 Å². The molecule has 0 aromatic heterocycles. The maximum absolute atomic E-state index is 10.9. The quantitative estimate of drug-likeness (QED) is 0.446. The van der Waals surface area contributed by atoms with Gasteiger partial charge in [0.1, 0.15) is 11.8 Å². The molecule has 0 spiro atoms. The van der Waals surface area contributed by atoms with Gasteiger partial charge < -0.3 is 15.2 Å². The van der Waals surface area contributed by atoms with Gasteiger partial charge in [0.25, 0.3) is 0 Å². The Labute approximate surface area is 97.6 Å². The lowest BCUT2D eigenvalue weighted by atomic mass is 10.2. The lowest BCUT2D eigenvalue weighted by molar-refractivity contribution is -0.137. The van der Waals surface area contributed by atoms with Crippen molar-refractivity contribution in [2.75, 3.05) is 19.0 Å². The number of rotatable bonds is 6. The van der Waals surface area contributed by atoms with Crippen LogP contribution in [-0.4, -0.2) is 30.8 Å². The van der Waals surface area contributed by atoms with Crippen molar-refractivity contribution >= 4 is 11.7 Å². The summed E-state index contributed by atoms with van der Waals surface area (Å²) in [5, 5.41) is 14.9. The van der Waals surface area contributed by atoms with Crippen LogP contribution in [0.2, 0.25) is 0 Å². The fourth-order valence-electron chi connectivity index (χ4n) is 1.26. The number of azide groups is 1. The molecule has 7 heteroatoms. The first-order valence-electron chi connectivity index (χ1n) is 4.82. The smallest absolute Gasteiger partial charge is 0.326 e. The topological polar surface area (TPSA) is 107 Å². The van der Waals surface area contributed by atoms with Crippen LogP contribution < -0.4 is 10.1 Å². The van der Waals surface area contributed by atoms with Crippen molar-refractivity contribution in [1.29, 1.82) is 0 Å². The molecule has 7 nitrogen and oxygen atoms in total. The summed E-state index contributed by atoms with van der Waals surface area (Å²) in [6.45, 7) is -0.177. The highest BCUT2D eigenvalue weighted by Crippen LogP contribution is 2.23. The molecular weight excluding hydrogens is 224 g/mol. The van der Waals surface area contributed by atoms with Crippen LogP contribution in [0.25, 0.3) is 10.4 Å². The molecule has 1 atom stereocenters. The third-order valence-corrected chi connectivity index (χ3v) is 2.06. The van der Waals surface area contributed by atoms with Crippen molar-refractivity contribution in [3.8, 4) is 5.75 Å². The molecule has 0 aliphatic rings. The molecule has 0 radical (unpaired) electrons. The number of carboxylic acid groups (broad SMARTS) is 1. The van der Waals surface area contributed by atoms with Gasteiger partial charge in [-0.05, 0) is 17.7 Å². The zero-order valence-electron chi connectivity index (χ0n) is 9.20. The number of aliphatic carboxylic acids is 1. The normalized spacial score (nSPS) is 11.1. The van der Waals surface area contributed by atoms with Gasteiger partial charge in [-0.3, -0.25) is 0 Å². The number of para-hydroxylation sites is 2. The molecule has 1 unspecified atom stereocenters. The summed E-state index contributed by atoms with van der Waals surface area (Å²) in [6, 6.07) is 5.92. The summed E-state index contributed by atoms with van der Waals surface area (Å²) in [4.78, 5) is 13.5. The maximum Gasteiger partial charge on any atom is 0.326 e. The first-order chi connectivity index (χ1) is 8.19. The zero-order chi connectivity index (χ0) is 12.7. The second-order valence-electron chi connectivity index (χ2n) is 3.15. The van der Waals surface area contributed by atoms with E-state index in [0.29, 0.717) is 11.4 Å². The lowest BCUT2D eigenvalue weighted by Crippen LogP contribution is -2.32. The van der Waals surface area contributed by atoms with Crippen molar-refractivity contribution in [3.63, 3.8) is 0 Å². The van der Waals surface area contributed by atoms with Gasteiger partial charge in [0.2, 0.25) is 0 Å². The van der Waals surface area contributed by atoms with Gasteiger partial charge in [-0.2, -0.15) is 0 Å². The van der Waals surface area contributed by atoms with E-state index in [-0.39, 0.29) is 6.54 Å². The summed E-state index contributed by atoms with van der Waals surface area (Å²) in [5.41, 5.74) is 8.71. The highest BCUT2D eigenvalue weighted by molar-refractivity contribution is 5.78. The molecule has 0 saturated heterocycles. The second kappa shape index (κ2) is 6.24. The Morgan fingerprint density at radius 2 is 2.35 bits per heavy atom. The van der Waals surface area contributed by atoms with Gasteiger partial charge in [0.05, 0.1) is 19.3 Å². The lowest BCUT2D eigenvalue weighted by Gasteiger charge is -2.15. The molecule has 17 heavy (non-hydrogen) atoms. The van der Waals surface area contributed by atoms with Crippen LogP contribution in [0, 0.1) is 0 Å². The summed E-state index contributed by atoms with van der Waals surface area (Å²) in [5.74, 6) is -0.567. The highest BCUT2D eigenvalue weighted by atomic mass is 16.5. The summed E-state index contributed by atoms with van der Waals surface area (Å²) >= 11 is 0. The minimum Gasteiger partial charge on any atom is -0.495 e. The fourth-order valence-corrected chi connectivity index (χ4v) is 1.26. The van der Waals surface area contributed by atoms with Crippen molar-refractivity contribution in [2.45, 2.75) is 6.04 Å². The number of nitrogens with zero attached hydrogens (tertiary/aromatic N) is 3. The van der Waals surface area contributed by atoms with E-state index < -0.39 is 12.0 Å². The summed E-state index contributed by atoms with van der Waals surface area (Å²) in [7, 11) is 1.49. The fraction of sp³-hybridized carbons (Fsp3) is 0.300. The average molecular weight is 236 g/mol. The Morgan fingerprint density at radius 1 is 1.65 bits per heavy atom. The molecule has 0 aliphatic carbocycles. The number of carboxylic acids is 1. The molecule has 0 heterocycles. The molecule has 1 aromatic carbocycles. The van der Waals surface area contributed by atoms with Crippen molar-refractivity contribution < 1.29 is 14.6 Å². The third kappa shape index (κ3) is 3.58. The minimum atomic E-state index is -1.09. The largest absolute Gasteiger partial charge is 0.495 e. The monoisotopic (exact) mass is 236 g/mol. The van der Waals surface area contributed by atoms with Gasteiger partial charge in [-0.1, -0.05) is 17.2 Å². The van der Waals surface area contributed by atoms with Crippen molar-refractivity contribution in [2.24, 2.45) is 5.11 Å². The van der Waals surface area contributed by atoms with Crippen LogP contribution in [-0.2, 0) is 4.79 Å². The Hall–Kier alpha value is -2.40. The molecule has 0 aliphatic heterocycles. The van der Waals surface area contributed by atoms with E-state index >= 15 is 0 Å². The van der Waals surface area contributed by atoms with Gasteiger partial charge >= 0.3 is 5.97 Å². The number of nitrogens with one attached hydrogen (secondary N) is 1. The van der Waals surface area contributed by atoms with Crippen molar-refractivity contribution in [1.82, 2.24) is 0 Å². The van der Waals surface area contributed by atoms with E-state index in [4.69, 9.17) is 15.4 Å². The maximum atomic E-state index is 10.9. The SMILES string of the molecule is COc1ccccc1NC(CN=[N+]=[N-])C(=O)O. The molecule has 1 aromatic rings. The van der Waals surface area contributed by atoms with Gasteiger partial charge in [-0.25, -0.2) is 4.79 Å². The highest BCUT2D eigenvalue weighted by Gasteiger charge is 2.17. The predicted octanol–water partition coefficient (Wildman–Crippen LogP) is 1.87. The molecule has 0 bridgehead atoms. The Kier molecular flexibility index (Phi) is 4.65. The third-order valence-electron chi connectivity index (χ3n) is 2.06. The van der Waals surface area contributed by atoms with E-state index in [9.17, 15) is 4.79 Å². The Balaban J connectivity index is 2.85. The molecule has 0 fully saturated rings. The zero-order valence-corrected chi connectivity index (χ0v) is 9.20. The molecule has 0 saturated carbocycles. The van der Waals surface area contributed by atoms with Gasteiger partial charge in [0.15, 0.2) is 0 Å². The Morgan fingerprint density at radius 3 is 2.94 bits per heavy atom. The minimum absolute atomic E-state index is 0.177. The summed E-state index contributed by atoms with van der Waals surface area (Å²) < 4.78 is 5.07. The number of methoxy groups -OCH3 is 1. The molecular formula is C10H12N4O3. The van der Waals surface area contributed by atoms with Crippen LogP contribution in [0.1, 0.15) is 0 Å². The first-order valence-corrected chi connectivity index (χ1v) is 4.82. The molecule has 2 N–H and O–H groups in total. The number of hydrogen-bond acceptors (Lipinski definition) is 4. The average Bonchev–Trinajstić information content (AvgIpc) is 2.34. The second-order valence-corrected chi connectivity index (χ2v) is 3.15. The number of anilines is 1. The van der Waals surface area contributed by atoms with E-state index in [1.165, 1.54) is 7.11 Å². The predicted molar refractivity (Wildman–Crippen MR) is 62.1 cm³/mol. The molecule has 1 rings (SSSR count). The number of hydrogen-bond donors (Lipinski definition) is 2. The van der Waals surface area contributed by atoms with E-state index in [1.54, 1.807) is 24.3 Å². The van der Waals surface area contributed by atoms with Crippen LogP contribution in [0.4, 0.5) is 5.69 Å². The van der Waals surface area contributed by atoms with Crippen molar-refractivity contribution in [3.05, 3.63) is 34.7 Å². The van der Waals surface area contributed by atoms with Crippen LogP contribution in [0.15, 0.2) is 29.4 Å². The van der Waals surface area contributed by atoms with E-state index in [0.717, 1.165) is 0 Å². The van der Waals surface area contributed by atoms with Gasteiger partial charge in [0, 0.05) is 4.91 Å². The van der Waals surface area contributed by atoms with E-state index in [1.807, 2.05) is 0 Å². The number of ether oxygens (including phenoxy) is 1. The number of carbonyl (C=O) groups is 1. The molecule has 0 amide bonds. The van der Waals surface area contributed by atoms with Crippen LogP contribution >= 0.6 is 0 Å². The van der Waals surface area contributed by atoms with E-state index in [2.05, 4.69) is 15.3 Å². The molecule has 90 valence electrons. The Bertz CT molecular complexity index is 443. The standard InChI is InChI=1S/C10H12N4O3/c1-17-9-5-3-2-4-7(9)13-8(10(15)16)6-12-14-11/h2-5,8,13H,6H2,1H3,(H,15,16). The number of benzene rings is 1.